The largest absolute Gasteiger partial charge is 0.489 e. The van der Waals surface area contributed by atoms with E-state index in [-0.39, 0.29) is 18.3 Å². The van der Waals surface area contributed by atoms with Gasteiger partial charge < -0.3 is 18.9 Å². The van der Waals surface area contributed by atoms with Gasteiger partial charge in [-0.1, -0.05) is 19.2 Å². The van der Waals surface area contributed by atoms with Gasteiger partial charge >= 0.3 is 11.9 Å². The van der Waals surface area contributed by atoms with Crippen molar-refractivity contribution in [3.05, 3.63) is 90.0 Å². The lowest BCUT2D eigenvalue weighted by Crippen LogP contribution is -2.06. The van der Waals surface area contributed by atoms with E-state index in [1.54, 1.807) is 37.3 Å². The second-order valence-electron chi connectivity index (χ2n) is 7.61. The van der Waals surface area contributed by atoms with E-state index in [1.165, 1.54) is 12.1 Å². The van der Waals surface area contributed by atoms with E-state index in [4.69, 9.17) is 18.9 Å². The van der Waals surface area contributed by atoms with Gasteiger partial charge in [0.05, 0.1) is 12.4 Å². The van der Waals surface area contributed by atoms with Crippen LogP contribution < -0.4 is 14.2 Å². The molecule has 0 saturated carbocycles. The Morgan fingerprint density at radius 1 is 1.00 bits per heavy atom. The topological polar surface area (TPSA) is 71.1 Å². The summed E-state index contributed by atoms with van der Waals surface area (Å²) in [5.41, 5.74) is 2.02. The van der Waals surface area contributed by atoms with Gasteiger partial charge in [0.15, 0.2) is 11.6 Å². The van der Waals surface area contributed by atoms with Crippen molar-refractivity contribution in [3.8, 4) is 17.2 Å². The number of carbonyl (C=O) groups is 2. The third kappa shape index (κ3) is 8.58. The average Bonchev–Trinajstić information content (AvgIpc) is 2.82. The molecule has 7 heteroatoms. The van der Waals surface area contributed by atoms with Gasteiger partial charge in [-0.15, -0.1) is 0 Å². The molecule has 0 aliphatic carbocycles. The highest BCUT2D eigenvalue weighted by Gasteiger charge is 2.09. The van der Waals surface area contributed by atoms with E-state index in [0.29, 0.717) is 35.7 Å². The van der Waals surface area contributed by atoms with E-state index >= 15 is 0 Å². The van der Waals surface area contributed by atoms with Crippen LogP contribution in [0.3, 0.4) is 0 Å². The summed E-state index contributed by atoms with van der Waals surface area (Å²) in [5, 5.41) is 0. The molecule has 0 radical (unpaired) electrons. The quantitative estimate of drug-likeness (QED) is 0.124. The van der Waals surface area contributed by atoms with Crippen molar-refractivity contribution in [2.24, 2.45) is 0 Å². The first kappa shape index (κ1) is 26.4. The molecule has 0 aromatic heterocycles. The standard InChI is InChI=1S/C27H29FO6/c1-6-26(29)34-25-14-9-21(16-24(25)28)17-32-22-10-12-23(13-11-22)33-20(5)19(4)8-7-15-31-27(30)18(2)3/h6,9-14,16H,1-2,7-8,15,17H2,3-5H3/b20-19+. The van der Waals surface area contributed by atoms with E-state index < -0.39 is 11.8 Å². The van der Waals surface area contributed by atoms with Crippen molar-refractivity contribution in [2.75, 3.05) is 6.61 Å². The fourth-order valence-electron chi connectivity index (χ4n) is 2.70. The van der Waals surface area contributed by atoms with Gasteiger partial charge in [0.2, 0.25) is 0 Å². The van der Waals surface area contributed by atoms with Crippen LogP contribution in [-0.4, -0.2) is 18.5 Å². The summed E-state index contributed by atoms with van der Waals surface area (Å²) in [6, 6.07) is 11.3. The number of benzene rings is 2. The SMILES string of the molecule is C=CC(=O)Oc1ccc(COc2ccc(O/C(C)=C(\C)CCCOC(=O)C(=C)C)cc2)cc1F. The summed E-state index contributed by atoms with van der Waals surface area (Å²) in [5.74, 6) is 0.0774. The molecule has 0 amide bonds. The maximum Gasteiger partial charge on any atom is 0.335 e. The molecular weight excluding hydrogens is 439 g/mol. The highest BCUT2D eigenvalue weighted by Crippen LogP contribution is 2.23. The summed E-state index contributed by atoms with van der Waals surface area (Å²) in [4.78, 5) is 22.6. The number of rotatable bonds is 12. The van der Waals surface area contributed by atoms with Crippen molar-refractivity contribution < 1.29 is 32.9 Å². The van der Waals surface area contributed by atoms with Crippen LogP contribution in [0.2, 0.25) is 0 Å². The van der Waals surface area contributed by atoms with Gasteiger partial charge in [-0.05, 0) is 81.1 Å². The Bertz CT molecular complexity index is 1070. The molecule has 0 aliphatic heterocycles. The van der Waals surface area contributed by atoms with Crippen LogP contribution in [0.15, 0.2) is 78.6 Å². The zero-order chi connectivity index (χ0) is 25.1. The van der Waals surface area contributed by atoms with E-state index in [0.717, 1.165) is 23.8 Å². The van der Waals surface area contributed by atoms with Crippen molar-refractivity contribution in [2.45, 2.75) is 40.2 Å². The average molecular weight is 469 g/mol. The van der Waals surface area contributed by atoms with Gasteiger partial charge in [-0.3, -0.25) is 0 Å². The predicted octanol–water partition coefficient (Wildman–Crippen LogP) is 6.07. The number of hydrogen-bond acceptors (Lipinski definition) is 6. The molecule has 0 aliphatic rings. The molecule has 0 saturated heterocycles. The fraction of sp³-hybridized carbons (Fsp3) is 0.259. The van der Waals surface area contributed by atoms with Crippen molar-refractivity contribution in [3.63, 3.8) is 0 Å². The summed E-state index contributed by atoms with van der Waals surface area (Å²) in [6.45, 7) is 12.8. The number of ether oxygens (including phenoxy) is 4. The third-order valence-electron chi connectivity index (χ3n) is 4.75. The Kier molecular flexibility index (Phi) is 10.1. The second kappa shape index (κ2) is 13.0. The van der Waals surface area contributed by atoms with E-state index in [1.807, 2.05) is 13.8 Å². The number of esters is 2. The van der Waals surface area contributed by atoms with Crippen LogP contribution in [-0.2, 0) is 20.9 Å². The first-order valence-corrected chi connectivity index (χ1v) is 10.7. The van der Waals surface area contributed by atoms with Gasteiger partial charge in [-0.2, -0.15) is 0 Å². The van der Waals surface area contributed by atoms with Crippen LogP contribution in [0.4, 0.5) is 4.39 Å². The first-order chi connectivity index (χ1) is 16.2. The third-order valence-corrected chi connectivity index (χ3v) is 4.75. The molecule has 34 heavy (non-hydrogen) atoms. The Morgan fingerprint density at radius 3 is 2.29 bits per heavy atom. The molecule has 0 fully saturated rings. The Hall–Kier alpha value is -3.87. The maximum atomic E-state index is 14.1. The van der Waals surface area contributed by atoms with Crippen LogP contribution in [0.5, 0.6) is 17.2 Å². The van der Waals surface area contributed by atoms with Crippen LogP contribution >= 0.6 is 0 Å². The Labute approximate surface area is 199 Å². The monoisotopic (exact) mass is 468 g/mol. The Balaban J connectivity index is 1.84. The van der Waals surface area contributed by atoms with E-state index in [9.17, 15) is 14.0 Å². The normalized spacial score (nSPS) is 11.2. The molecule has 0 unspecified atom stereocenters. The zero-order valence-electron chi connectivity index (χ0n) is 19.7. The zero-order valence-corrected chi connectivity index (χ0v) is 19.7. The number of allylic oxidation sites excluding steroid dienone is 2. The number of halogens is 1. The fourth-order valence-corrected chi connectivity index (χ4v) is 2.70. The smallest absolute Gasteiger partial charge is 0.335 e. The number of hydrogen-bond donors (Lipinski definition) is 0. The van der Waals surface area contributed by atoms with Crippen molar-refractivity contribution in [1.82, 2.24) is 0 Å². The highest BCUT2D eigenvalue weighted by atomic mass is 19.1. The summed E-state index contributed by atoms with van der Waals surface area (Å²) in [7, 11) is 0. The molecule has 0 heterocycles. The molecule has 0 atom stereocenters. The molecule has 6 nitrogen and oxygen atoms in total. The minimum absolute atomic E-state index is 0.140. The molecule has 2 aromatic carbocycles. The van der Waals surface area contributed by atoms with Gasteiger partial charge in [0.1, 0.15) is 18.1 Å². The first-order valence-electron chi connectivity index (χ1n) is 10.7. The molecule has 0 spiro atoms. The molecule has 2 rings (SSSR count). The summed E-state index contributed by atoms with van der Waals surface area (Å²) >= 11 is 0. The van der Waals surface area contributed by atoms with Gasteiger partial charge in [0.25, 0.3) is 0 Å². The lowest BCUT2D eigenvalue weighted by atomic mass is 10.1. The maximum absolute atomic E-state index is 14.1. The van der Waals surface area contributed by atoms with Gasteiger partial charge in [0, 0.05) is 11.6 Å². The molecule has 0 bridgehead atoms. The molecular formula is C27H29FO6. The van der Waals surface area contributed by atoms with Crippen molar-refractivity contribution in [1.29, 1.82) is 0 Å². The van der Waals surface area contributed by atoms with Crippen LogP contribution in [0.1, 0.15) is 39.2 Å². The predicted molar refractivity (Wildman–Crippen MR) is 127 cm³/mol. The minimum Gasteiger partial charge on any atom is -0.489 e. The second-order valence-corrected chi connectivity index (χ2v) is 7.61. The van der Waals surface area contributed by atoms with Crippen molar-refractivity contribution >= 4 is 11.9 Å². The summed E-state index contributed by atoms with van der Waals surface area (Å²) < 4.78 is 35.5. The number of carbonyl (C=O) groups excluding carboxylic acids is 2. The summed E-state index contributed by atoms with van der Waals surface area (Å²) in [6.07, 6.45) is 2.39. The van der Waals surface area contributed by atoms with Gasteiger partial charge in [-0.25, -0.2) is 14.0 Å². The minimum atomic E-state index is -0.727. The van der Waals surface area contributed by atoms with Crippen LogP contribution in [0, 0.1) is 5.82 Å². The lowest BCUT2D eigenvalue weighted by molar-refractivity contribution is -0.139. The van der Waals surface area contributed by atoms with Crippen LogP contribution in [0.25, 0.3) is 0 Å². The lowest BCUT2D eigenvalue weighted by Gasteiger charge is -2.12. The molecule has 2 aromatic rings. The van der Waals surface area contributed by atoms with E-state index in [2.05, 4.69) is 13.2 Å². The molecule has 180 valence electrons. The highest BCUT2D eigenvalue weighted by molar-refractivity contribution is 5.86. The molecule has 0 N–H and O–H groups in total. The Morgan fingerprint density at radius 2 is 1.68 bits per heavy atom.